The molecule has 3 unspecified atom stereocenters. The van der Waals surface area contributed by atoms with Gasteiger partial charge < -0.3 is 15.4 Å². The van der Waals surface area contributed by atoms with E-state index in [2.05, 4.69) is 10.6 Å². The third-order valence-electron chi connectivity index (χ3n) is 5.39. The van der Waals surface area contributed by atoms with Crippen LogP contribution in [0, 0.1) is 5.92 Å². The van der Waals surface area contributed by atoms with Gasteiger partial charge in [0.25, 0.3) is 5.91 Å². The molecule has 4 rings (SSSR count). The molecule has 2 fully saturated rings. The molecule has 6 nitrogen and oxygen atoms in total. The lowest BCUT2D eigenvalue weighted by molar-refractivity contribution is -0.130. The summed E-state index contributed by atoms with van der Waals surface area (Å²) in [6.45, 7) is 0.625. The zero-order valence-corrected chi connectivity index (χ0v) is 16.1. The molecule has 2 N–H and O–H groups in total. The van der Waals surface area contributed by atoms with Crippen LogP contribution in [-0.4, -0.2) is 48.8 Å². The molecule has 7 heteroatoms. The predicted octanol–water partition coefficient (Wildman–Crippen LogP) is 1.60. The third kappa shape index (κ3) is 3.92. The second kappa shape index (κ2) is 8.34. The quantitative estimate of drug-likeness (QED) is 0.772. The van der Waals surface area contributed by atoms with Gasteiger partial charge in [0.15, 0.2) is 11.6 Å². The average molecular weight is 398 g/mol. The Balaban J connectivity index is 1.55. The van der Waals surface area contributed by atoms with Crippen molar-refractivity contribution in [1.29, 1.82) is 0 Å². The van der Waals surface area contributed by atoms with Crippen LogP contribution >= 0.6 is 11.3 Å². The van der Waals surface area contributed by atoms with E-state index >= 15 is 0 Å². The summed E-state index contributed by atoms with van der Waals surface area (Å²) in [5, 5.41) is 9.66. The Morgan fingerprint density at radius 1 is 1.25 bits per heavy atom. The highest BCUT2D eigenvalue weighted by molar-refractivity contribution is 7.08. The lowest BCUT2D eigenvalue weighted by Crippen LogP contribution is -2.56. The topological polar surface area (TPSA) is 84.5 Å². The number of carbonyl (C=O) groups is 3. The lowest BCUT2D eigenvalue weighted by Gasteiger charge is -2.34. The van der Waals surface area contributed by atoms with E-state index in [0.717, 1.165) is 5.56 Å². The molecule has 0 bridgehead atoms. The second-order valence-electron chi connectivity index (χ2n) is 7.20. The Bertz CT molecular complexity index is 853. The summed E-state index contributed by atoms with van der Waals surface area (Å²) in [6, 6.07) is 10.3. The second-order valence-corrected chi connectivity index (χ2v) is 7.98. The highest BCUT2D eigenvalue weighted by atomic mass is 32.1. The number of piperidine rings is 1. The number of benzene rings is 1. The maximum Gasteiger partial charge on any atom is 0.252 e. The van der Waals surface area contributed by atoms with Crippen LogP contribution in [0.3, 0.4) is 0 Å². The largest absolute Gasteiger partial charge is 0.368 e. The number of hydrogen-bond acceptors (Lipinski definition) is 6. The molecule has 1 aromatic carbocycles. The minimum atomic E-state index is -0.669. The number of Topliss-reactive ketones (excluding diaryl/α,β-unsaturated/α-hetero) is 2. The molecular formula is C21H22N2O4S. The van der Waals surface area contributed by atoms with E-state index in [0.29, 0.717) is 24.9 Å². The zero-order chi connectivity index (χ0) is 19.5. The maximum atomic E-state index is 13.4. The highest BCUT2D eigenvalue weighted by Gasteiger charge is 2.47. The summed E-state index contributed by atoms with van der Waals surface area (Å²) in [5.41, 5.74) is 1.52. The number of fused-ring (bicyclic) bond motifs is 1. The number of ether oxygens (including phenoxy) is 1. The fourth-order valence-corrected chi connectivity index (χ4v) is 4.59. The van der Waals surface area contributed by atoms with Crippen molar-refractivity contribution in [3.05, 3.63) is 58.3 Å². The molecule has 0 spiro atoms. The Morgan fingerprint density at radius 3 is 2.82 bits per heavy atom. The Kier molecular flexibility index (Phi) is 5.66. The van der Waals surface area contributed by atoms with Crippen LogP contribution in [0.5, 0.6) is 0 Å². The molecule has 0 radical (unpaired) electrons. The number of thiophene rings is 1. The van der Waals surface area contributed by atoms with Gasteiger partial charge >= 0.3 is 0 Å². The van der Waals surface area contributed by atoms with Crippen molar-refractivity contribution in [2.45, 2.75) is 31.0 Å². The lowest BCUT2D eigenvalue weighted by atomic mass is 9.82. The van der Waals surface area contributed by atoms with Gasteiger partial charge in [-0.05, 0) is 36.4 Å². The normalized spacial score (nSPS) is 25.1. The molecule has 2 aliphatic heterocycles. The van der Waals surface area contributed by atoms with Crippen molar-refractivity contribution in [2.24, 2.45) is 5.92 Å². The molecule has 28 heavy (non-hydrogen) atoms. The Hall–Kier alpha value is -2.35. The summed E-state index contributed by atoms with van der Waals surface area (Å²) in [5.74, 6) is -0.748. The smallest absolute Gasteiger partial charge is 0.252 e. The molecule has 2 aliphatic rings. The Morgan fingerprint density at radius 2 is 2.07 bits per heavy atom. The monoisotopic (exact) mass is 398 g/mol. The maximum absolute atomic E-state index is 13.4. The van der Waals surface area contributed by atoms with Crippen molar-refractivity contribution < 1.29 is 19.1 Å². The van der Waals surface area contributed by atoms with Crippen LogP contribution in [0.4, 0.5) is 0 Å². The molecule has 0 saturated carbocycles. The van der Waals surface area contributed by atoms with Crippen LogP contribution in [0.2, 0.25) is 0 Å². The summed E-state index contributed by atoms with van der Waals surface area (Å²) in [6.07, 6.45) is 0.544. The number of rotatable bonds is 6. The molecule has 1 amide bonds. The van der Waals surface area contributed by atoms with Gasteiger partial charge in [0.1, 0.15) is 6.61 Å². The fourth-order valence-electron chi connectivity index (χ4n) is 3.95. The van der Waals surface area contributed by atoms with Gasteiger partial charge in [-0.2, -0.15) is 11.3 Å². The van der Waals surface area contributed by atoms with Gasteiger partial charge in [-0.1, -0.05) is 30.3 Å². The zero-order valence-electron chi connectivity index (χ0n) is 15.3. The molecule has 146 valence electrons. The molecular weight excluding hydrogens is 376 g/mol. The fraction of sp³-hybridized carbons (Fsp3) is 0.381. The number of hydrogen-bond donors (Lipinski definition) is 2. The first-order valence-corrected chi connectivity index (χ1v) is 10.4. The number of nitrogens with one attached hydrogen (secondary N) is 2. The first-order valence-electron chi connectivity index (χ1n) is 9.42. The van der Waals surface area contributed by atoms with E-state index in [1.807, 2.05) is 35.7 Å². The van der Waals surface area contributed by atoms with Crippen molar-refractivity contribution in [3.8, 4) is 0 Å². The minimum absolute atomic E-state index is 0.00980. The van der Waals surface area contributed by atoms with Crippen LogP contribution < -0.4 is 10.6 Å². The van der Waals surface area contributed by atoms with Crippen LogP contribution in [0.1, 0.15) is 22.3 Å². The van der Waals surface area contributed by atoms with Crippen LogP contribution in [0.15, 0.2) is 47.2 Å². The van der Waals surface area contributed by atoms with Gasteiger partial charge in [-0.25, -0.2) is 0 Å². The van der Waals surface area contributed by atoms with E-state index in [9.17, 15) is 14.4 Å². The molecule has 4 atom stereocenters. The van der Waals surface area contributed by atoms with Crippen LogP contribution in [-0.2, 0) is 20.7 Å². The van der Waals surface area contributed by atoms with E-state index in [-0.39, 0.29) is 24.1 Å². The first kappa shape index (κ1) is 19.0. The van der Waals surface area contributed by atoms with E-state index in [1.165, 1.54) is 11.3 Å². The predicted molar refractivity (Wildman–Crippen MR) is 105 cm³/mol. The highest BCUT2D eigenvalue weighted by Crippen LogP contribution is 2.28. The molecule has 3 heterocycles. The standard InChI is InChI=1S/C21H22N2O4S/c24-17-11-27-20-15(6-8-22-18(17)20)19(25)16(10-13-4-2-1-3-5-13)23-21(26)14-7-9-28-12-14/h1-5,7,9,12,15-16,18,20,22H,6,8,10-11H2,(H,23,26)/t15?,16-,18?,20?/m0/s1. The number of carbonyl (C=O) groups excluding carboxylic acids is 3. The van der Waals surface area contributed by atoms with Gasteiger partial charge in [-0.3, -0.25) is 14.4 Å². The summed E-state index contributed by atoms with van der Waals surface area (Å²) in [7, 11) is 0. The number of amides is 1. The first-order chi connectivity index (χ1) is 13.6. The number of ketones is 2. The van der Waals surface area contributed by atoms with E-state index in [1.54, 1.807) is 11.4 Å². The molecule has 2 aromatic rings. The van der Waals surface area contributed by atoms with Crippen molar-refractivity contribution in [3.63, 3.8) is 0 Å². The van der Waals surface area contributed by atoms with Crippen molar-refractivity contribution in [2.75, 3.05) is 13.2 Å². The third-order valence-corrected chi connectivity index (χ3v) is 6.07. The van der Waals surface area contributed by atoms with Crippen LogP contribution in [0.25, 0.3) is 0 Å². The Labute approximate surface area is 167 Å². The van der Waals surface area contributed by atoms with Gasteiger partial charge in [0, 0.05) is 11.3 Å². The van der Waals surface area contributed by atoms with Crippen molar-refractivity contribution in [1.82, 2.24) is 10.6 Å². The van der Waals surface area contributed by atoms with Gasteiger partial charge in [0.2, 0.25) is 0 Å². The van der Waals surface area contributed by atoms with Gasteiger partial charge in [-0.15, -0.1) is 0 Å². The molecule has 2 saturated heterocycles. The summed E-state index contributed by atoms with van der Waals surface area (Å²) < 4.78 is 5.64. The van der Waals surface area contributed by atoms with E-state index in [4.69, 9.17) is 4.74 Å². The average Bonchev–Trinajstić information content (AvgIpc) is 3.38. The van der Waals surface area contributed by atoms with Gasteiger partial charge in [0.05, 0.1) is 23.8 Å². The minimum Gasteiger partial charge on any atom is -0.368 e. The molecule has 0 aliphatic carbocycles. The SMILES string of the molecule is O=C(N[C@@H](Cc1ccccc1)C(=O)C1CCNC2C(=O)COC12)c1ccsc1. The summed E-state index contributed by atoms with van der Waals surface area (Å²) in [4.78, 5) is 38.0. The molecule has 1 aromatic heterocycles. The summed E-state index contributed by atoms with van der Waals surface area (Å²) >= 11 is 1.44. The van der Waals surface area contributed by atoms with E-state index < -0.39 is 24.1 Å². The van der Waals surface area contributed by atoms with Crippen molar-refractivity contribution >= 4 is 28.8 Å².